The average Bonchev–Trinajstić information content (AvgIpc) is 2.24. The van der Waals surface area contributed by atoms with Crippen molar-refractivity contribution in [2.45, 2.75) is 85.5 Å². The maximum atomic E-state index is 2.42. The van der Waals surface area contributed by atoms with Gasteiger partial charge >= 0.3 is 0 Å². The molecule has 96 valence electrons. The molecule has 0 heterocycles. The van der Waals surface area contributed by atoms with Gasteiger partial charge in [0.25, 0.3) is 0 Å². The van der Waals surface area contributed by atoms with Gasteiger partial charge in [-0.2, -0.15) is 0 Å². The molecule has 16 heavy (non-hydrogen) atoms. The molecule has 0 amide bonds. The molecule has 1 aliphatic rings. The van der Waals surface area contributed by atoms with E-state index in [1.165, 1.54) is 57.8 Å². The highest BCUT2D eigenvalue weighted by molar-refractivity contribution is 4.80. The van der Waals surface area contributed by atoms with E-state index in [1.54, 1.807) is 0 Å². The van der Waals surface area contributed by atoms with E-state index in [1.807, 2.05) is 0 Å². The quantitative estimate of drug-likeness (QED) is 0.517. The van der Waals surface area contributed by atoms with Crippen LogP contribution in [0, 0.1) is 17.3 Å². The highest BCUT2D eigenvalue weighted by Gasteiger charge is 2.29. The predicted octanol–water partition coefficient (Wildman–Crippen LogP) is 5.81. The lowest BCUT2D eigenvalue weighted by molar-refractivity contribution is 0.145. The fourth-order valence-corrected chi connectivity index (χ4v) is 3.18. The molecule has 0 radical (unpaired) electrons. The molecule has 1 saturated carbocycles. The Morgan fingerprint density at radius 2 is 1.50 bits per heavy atom. The van der Waals surface area contributed by atoms with Gasteiger partial charge < -0.3 is 0 Å². The second-order valence-electron chi connectivity index (χ2n) is 6.93. The highest BCUT2D eigenvalue weighted by atomic mass is 14.3. The van der Waals surface area contributed by atoms with Gasteiger partial charge in [0.1, 0.15) is 0 Å². The summed E-state index contributed by atoms with van der Waals surface area (Å²) >= 11 is 0. The first-order valence-corrected chi connectivity index (χ1v) is 7.54. The molecular weight excluding hydrogens is 192 g/mol. The lowest BCUT2D eigenvalue weighted by atomic mass is 9.69. The summed E-state index contributed by atoms with van der Waals surface area (Å²) in [7, 11) is 0. The van der Waals surface area contributed by atoms with Crippen molar-refractivity contribution in [2.75, 3.05) is 0 Å². The van der Waals surface area contributed by atoms with Crippen LogP contribution in [-0.2, 0) is 0 Å². The lowest BCUT2D eigenvalue weighted by Gasteiger charge is -2.37. The van der Waals surface area contributed by atoms with Crippen molar-refractivity contribution in [2.24, 2.45) is 17.3 Å². The molecule has 0 saturated heterocycles. The molecule has 0 aliphatic heterocycles. The predicted molar refractivity (Wildman–Crippen MR) is 73.7 cm³/mol. The zero-order valence-electron chi connectivity index (χ0n) is 12.0. The summed E-state index contributed by atoms with van der Waals surface area (Å²) in [4.78, 5) is 0. The van der Waals surface area contributed by atoms with E-state index in [9.17, 15) is 0 Å². The molecule has 0 atom stereocenters. The summed E-state index contributed by atoms with van der Waals surface area (Å²) in [5, 5.41) is 0. The molecule has 0 unspecified atom stereocenters. The number of unbranched alkanes of at least 4 members (excludes halogenated alkanes) is 3. The van der Waals surface area contributed by atoms with Gasteiger partial charge in [-0.15, -0.1) is 0 Å². The Labute approximate surface area is 103 Å². The van der Waals surface area contributed by atoms with Gasteiger partial charge in [0.05, 0.1) is 0 Å². The minimum absolute atomic E-state index is 0.549. The summed E-state index contributed by atoms with van der Waals surface area (Å²) < 4.78 is 0. The van der Waals surface area contributed by atoms with Crippen molar-refractivity contribution >= 4 is 0 Å². The summed E-state index contributed by atoms with van der Waals surface area (Å²) in [6.07, 6.45) is 13.3. The minimum atomic E-state index is 0.549. The van der Waals surface area contributed by atoms with Gasteiger partial charge in [-0.1, -0.05) is 72.6 Å². The molecular formula is C16H32. The zero-order valence-corrected chi connectivity index (χ0v) is 12.0. The van der Waals surface area contributed by atoms with Crippen molar-refractivity contribution in [1.29, 1.82) is 0 Å². The Morgan fingerprint density at radius 1 is 0.875 bits per heavy atom. The highest BCUT2D eigenvalue weighted by Crippen LogP contribution is 2.41. The van der Waals surface area contributed by atoms with Crippen LogP contribution >= 0.6 is 0 Å². The van der Waals surface area contributed by atoms with Crippen LogP contribution in [0.5, 0.6) is 0 Å². The fourth-order valence-electron chi connectivity index (χ4n) is 3.18. The van der Waals surface area contributed by atoms with Crippen molar-refractivity contribution in [3.05, 3.63) is 0 Å². The van der Waals surface area contributed by atoms with Gasteiger partial charge in [0, 0.05) is 0 Å². The molecule has 0 aromatic carbocycles. The molecule has 1 fully saturated rings. The van der Waals surface area contributed by atoms with Gasteiger partial charge in [-0.05, 0) is 30.1 Å². The summed E-state index contributed by atoms with van der Waals surface area (Å²) in [6, 6.07) is 0. The van der Waals surface area contributed by atoms with Crippen LogP contribution in [0.25, 0.3) is 0 Å². The first kappa shape index (κ1) is 14.1. The molecule has 0 bridgehead atoms. The van der Waals surface area contributed by atoms with E-state index in [4.69, 9.17) is 0 Å². The third-order valence-corrected chi connectivity index (χ3v) is 4.54. The van der Waals surface area contributed by atoms with Crippen LogP contribution in [0.2, 0.25) is 0 Å². The molecule has 0 N–H and O–H groups in total. The summed E-state index contributed by atoms with van der Waals surface area (Å²) in [5.74, 6) is 2.05. The fraction of sp³-hybridized carbons (Fsp3) is 1.00. The van der Waals surface area contributed by atoms with E-state index in [2.05, 4.69) is 27.7 Å². The first-order valence-electron chi connectivity index (χ1n) is 7.54. The Kier molecular flexibility index (Phi) is 5.86. The zero-order chi connectivity index (χ0) is 12.0. The molecule has 0 heteroatoms. The molecule has 0 aromatic rings. The van der Waals surface area contributed by atoms with Crippen LogP contribution in [0.3, 0.4) is 0 Å². The number of hydrogen-bond donors (Lipinski definition) is 0. The van der Waals surface area contributed by atoms with Crippen molar-refractivity contribution < 1.29 is 0 Å². The van der Waals surface area contributed by atoms with E-state index in [0.717, 1.165) is 11.8 Å². The number of rotatable bonds is 5. The van der Waals surface area contributed by atoms with Crippen LogP contribution in [0.1, 0.15) is 85.5 Å². The van der Waals surface area contributed by atoms with Gasteiger partial charge in [0.2, 0.25) is 0 Å². The lowest BCUT2D eigenvalue weighted by Crippen LogP contribution is -2.25. The van der Waals surface area contributed by atoms with Gasteiger partial charge in [0.15, 0.2) is 0 Å². The maximum Gasteiger partial charge on any atom is -0.0354 e. The second-order valence-corrected chi connectivity index (χ2v) is 6.93. The monoisotopic (exact) mass is 224 g/mol. The van der Waals surface area contributed by atoms with Crippen LogP contribution in [-0.4, -0.2) is 0 Å². The van der Waals surface area contributed by atoms with Gasteiger partial charge in [-0.25, -0.2) is 0 Å². The SMILES string of the molecule is CCCCCCC1CCC(C(C)(C)C)CC1. The number of hydrogen-bond acceptors (Lipinski definition) is 0. The minimum Gasteiger partial charge on any atom is -0.0654 e. The Morgan fingerprint density at radius 3 is 2.00 bits per heavy atom. The van der Waals surface area contributed by atoms with Crippen molar-refractivity contribution in [3.8, 4) is 0 Å². The standard InChI is InChI=1S/C16H32/c1-5-6-7-8-9-14-10-12-15(13-11-14)16(2,3)4/h14-15H,5-13H2,1-4H3. The largest absolute Gasteiger partial charge is 0.0654 e. The molecule has 0 spiro atoms. The summed E-state index contributed by atoms with van der Waals surface area (Å²) in [5.41, 5.74) is 0.549. The second kappa shape index (κ2) is 6.67. The average molecular weight is 224 g/mol. The van der Waals surface area contributed by atoms with Crippen molar-refractivity contribution in [3.63, 3.8) is 0 Å². The third-order valence-electron chi connectivity index (χ3n) is 4.54. The Hall–Kier alpha value is 0. The third kappa shape index (κ3) is 4.89. The van der Waals surface area contributed by atoms with E-state index in [-0.39, 0.29) is 0 Å². The first-order chi connectivity index (χ1) is 7.54. The van der Waals surface area contributed by atoms with Crippen LogP contribution in [0.15, 0.2) is 0 Å². The van der Waals surface area contributed by atoms with E-state index in [0.29, 0.717) is 5.41 Å². The normalized spacial score (nSPS) is 27.0. The molecule has 1 aliphatic carbocycles. The molecule has 1 rings (SSSR count). The van der Waals surface area contributed by atoms with Crippen LogP contribution < -0.4 is 0 Å². The maximum absolute atomic E-state index is 2.42. The van der Waals surface area contributed by atoms with Gasteiger partial charge in [-0.3, -0.25) is 0 Å². The molecule has 0 nitrogen and oxygen atoms in total. The topological polar surface area (TPSA) is 0 Å². The van der Waals surface area contributed by atoms with Crippen LogP contribution in [0.4, 0.5) is 0 Å². The smallest absolute Gasteiger partial charge is 0.0354 e. The van der Waals surface area contributed by atoms with E-state index >= 15 is 0 Å². The van der Waals surface area contributed by atoms with E-state index < -0.39 is 0 Å². The van der Waals surface area contributed by atoms with Crippen molar-refractivity contribution in [1.82, 2.24) is 0 Å². The Bertz CT molecular complexity index is 167. The molecule has 0 aromatic heterocycles. The Balaban J connectivity index is 2.12. The summed E-state index contributed by atoms with van der Waals surface area (Å²) in [6.45, 7) is 9.55.